The van der Waals surface area contributed by atoms with E-state index in [9.17, 15) is 14.4 Å². The molecule has 1 aliphatic heterocycles. The van der Waals surface area contributed by atoms with E-state index in [1.807, 2.05) is 24.5 Å². The first-order valence-electron chi connectivity index (χ1n) is 8.52. The number of hydrogen-bond donors (Lipinski definition) is 2. The molecule has 7 heteroatoms. The number of anilines is 1. The maximum atomic E-state index is 12.8. The number of nitrogens with zero attached hydrogens (tertiary/aromatic N) is 1. The monoisotopic (exact) mass is 361 g/mol. The van der Waals surface area contributed by atoms with Crippen LogP contribution >= 0.6 is 11.8 Å². The minimum Gasteiger partial charge on any atom is -0.324 e. The summed E-state index contributed by atoms with van der Waals surface area (Å²) in [5.74, 6) is -0.0698. The van der Waals surface area contributed by atoms with Gasteiger partial charge in [-0.05, 0) is 50.0 Å². The summed E-state index contributed by atoms with van der Waals surface area (Å²) in [5, 5.41) is 5.63. The molecule has 0 bridgehead atoms. The number of rotatable bonds is 4. The largest absolute Gasteiger partial charge is 0.325 e. The van der Waals surface area contributed by atoms with Gasteiger partial charge in [0.2, 0.25) is 5.91 Å². The summed E-state index contributed by atoms with van der Waals surface area (Å²) in [4.78, 5) is 39.4. The molecule has 1 aromatic rings. The van der Waals surface area contributed by atoms with Crippen LogP contribution in [0.5, 0.6) is 0 Å². The standard InChI is InChI=1S/C18H23N3O3S/c1-12-7-9-18(10-8-12)16(23)21(17(24)20-18)11-15(22)19-13-5-3-4-6-14(13)25-2/h3-6,12H,7-11H2,1-2H3,(H,19,22)(H,20,24). The number of benzene rings is 1. The quantitative estimate of drug-likeness (QED) is 0.638. The van der Waals surface area contributed by atoms with Gasteiger partial charge in [0.05, 0.1) is 5.69 Å². The van der Waals surface area contributed by atoms with E-state index in [-0.39, 0.29) is 18.4 Å². The number of para-hydroxylation sites is 1. The predicted molar refractivity (Wildman–Crippen MR) is 97.5 cm³/mol. The molecule has 1 aromatic carbocycles. The second-order valence-corrected chi connectivity index (χ2v) is 7.68. The van der Waals surface area contributed by atoms with Gasteiger partial charge in [-0.25, -0.2) is 4.79 Å². The molecule has 2 N–H and O–H groups in total. The normalized spacial score (nSPS) is 26.0. The number of hydrogen-bond acceptors (Lipinski definition) is 4. The molecule has 1 aliphatic carbocycles. The second-order valence-electron chi connectivity index (χ2n) is 6.83. The van der Waals surface area contributed by atoms with Crippen molar-refractivity contribution in [3.05, 3.63) is 24.3 Å². The maximum absolute atomic E-state index is 12.8. The zero-order valence-electron chi connectivity index (χ0n) is 14.5. The molecule has 1 spiro atoms. The fraction of sp³-hybridized carbons (Fsp3) is 0.500. The zero-order valence-corrected chi connectivity index (χ0v) is 15.3. The van der Waals surface area contributed by atoms with Crippen molar-refractivity contribution in [3.63, 3.8) is 0 Å². The van der Waals surface area contributed by atoms with Crippen LogP contribution in [0.15, 0.2) is 29.2 Å². The summed E-state index contributed by atoms with van der Waals surface area (Å²) in [6.07, 6.45) is 5.04. The Hall–Kier alpha value is -2.02. The van der Waals surface area contributed by atoms with Gasteiger partial charge in [-0.2, -0.15) is 0 Å². The summed E-state index contributed by atoms with van der Waals surface area (Å²) < 4.78 is 0. The van der Waals surface area contributed by atoms with E-state index >= 15 is 0 Å². The third-order valence-electron chi connectivity index (χ3n) is 5.06. The second kappa shape index (κ2) is 7.07. The highest BCUT2D eigenvalue weighted by molar-refractivity contribution is 7.98. The van der Waals surface area contributed by atoms with Gasteiger partial charge in [0, 0.05) is 4.90 Å². The Morgan fingerprint density at radius 2 is 2.00 bits per heavy atom. The first-order valence-corrected chi connectivity index (χ1v) is 9.74. The van der Waals surface area contributed by atoms with Crippen molar-refractivity contribution in [1.82, 2.24) is 10.2 Å². The SMILES string of the molecule is CSc1ccccc1NC(=O)CN1C(=O)NC2(CCC(C)CC2)C1=O. The smallest absolute Gasteiger partial charge is 0.324 e. The molecule has 0 atom stereocenters. The van der Waals surface area contributed by atoms with Crippen LogP contribution in [0.25, 0.3) is 0 Å². The Morgan fingerprint density at radius 1 is 1.32 bits per heavy atom. The first kappa shape index (κ1) is 17.8. The van der Waals surface area contributed by atoms with Crippen LogP contribution in [-0.4, -0.2) is 41.1 Å². The molecule has 0 aromatic heterocycles. The minimum atomic E-state index is -0.805. The average Bonchev–Trinajstić information content (AvgIpc) is 2.82. The summed E-state index contributed by atoms with van der Waals surface area (Å²) in [6, 6.07) is 6.98. The van der Waals surface area contributed by atoms with E-state index in [0.717, 1.165) is 22.6 Å². The fourth-order valence-electron chi connectivity index (χ4n) is 3.49. The molecule has 1 heterocycles. The topological polar surface area (TPSA) is 78.5 Å². The molecule has 2 aliphatic rings. The van der Waals surface area contributed by atoms with Crippen molar-refractivity contribution in [1.29, 1.82) is 0 Å². The fourth-order valence-corrected chi connectivity index (χ4v) is 4.05. The van der Waals surface area contributed by atoms with Crippen LogP contribution in [-0.2, 0) is 9.59 Å². The number of imide groups is 1. The molecule has 6 nitrogen and oxygen atoms in total. The van der Waals surface area contributed by atoms with Crippen molar-refractivity contribution in [3.8, 4) is 0 Å². The van der Waals surface area contributed by atoms with Gasteiger partial charge in [-0.15, -0.1) is 11.8 Å². The Bertz CT molecular complexity index is 699. The number of carbonyl (C=O) groups excluding carboxylic acids is 3. The van der Waals surface area contributed by atoms with E-state index in [0.29, 0.717) is 24.4 Å². The van der Waals surface area contributed by atoms with E-state index in [1.165, 1.54) is 11.8 Å². The highest BCUT2D eigenvalue weighted by Crippen LogP contribution is 2.36. The molecule has 4 amide bonds. The Labute approximate surface area is 151 Å². The van der Waals surface area contributed by atoms with Gasteiger partial charge in [0.25, 0.3) is 5.91 Å². The van der Waals surface area contributed by atoms with E-state index in [1.54, 1.807) is 6.07 Å². The van der Waals surface area contributed by atoms with Gasteiger partial charge in [-0.3, -0.25) is 14.5 Å². The third-order valence-corrected chi connectivity index (χ3v) is 5.85. The Kier molecular flexibility index (Phi) is 5.03. The molecule has 2 fully saturated rings. The number of urea groups is 1. The molecule has 0 radical (unpaired) electrons. The summed E-state index contributed by atoms with van der Waals surface area (Å²) in [6.45, 7) is 1.90. The molecule has 134 valence electrons. The van der Waals surface area contributed by atoms with Crippen LogP contribution in [0, 0.1) is 5.92 Å². The summed E-state index contributed by atoms with van der Waals surface area (Å²) in [7, 11) is 0. The highest BCUT2D eigenvalue weighted by atomic mass is 32.2. The summed E-state index contributed by atoms with van der Waals surface area (Å²) in [5.41, 5.74) is -0.116. The molecule has 1 saturated heterocycles. The molecule has 3 rings (SSSR count). The number of thioether (sulfide) groups is 1. The van der Waals surface area contributed by atoms with Crippen molar-refractivity contribution >= 4 is 35.3 Å². The van der Waals surface area contributed by atoms with Crippen molar-refractivity contribution < 1.29 is 14.4 Å². The van der Waals surface area contributed by atoms with Crippen molar-refractivity contribution in [2.75, 3.05) is 18.1 Å². The predicted octanol–water partition coefficient (Wildman–Crippen LogP) is 2.85. The Morgan fingerprint density at radius 3 is 2.68 bits per heavy atom. The van der Waals surface area contributed by atoms with Crippen LogP contribution in [0.3, 0.4) is 0 Å². The molecule has 25 heavy (non-hydrogen) atoms. The third kappa shape index (κ3) is 3.51. The number of carbonyl (C=O) groups is 3. The number of nitrogens with one attached hydrogen (secondary N) is 2. The van der Waals surface area contributed by atoms with E-state index in [4.69, 9.17) is 0 Å². The lowest BCUT2D eigenvalue weighted by Gasteiger charge is -2.33. The van der Waals surface area contributed by atoms with Gasteiger partial charge in [0.1, 0.15) is 12.1 Å². The number of amides is 4. The maximum Gasteiger partial charge on any atom is 0.325 e. The lowest BCUT2D eigenvalue weighted by atomic mass is 9.77. The van der Waals surface area contributed by atoms with Crippen LogP contribution in [0.1, 0.15) is 32.6 Å². The van der Waals surface area contributed by atoms with Gasteiger partial charge >= 0.3 is 6.03 Å². The van der Waals surface area contributed by atoms with Gasteiger partial charge in [-0.1, -0.05) is 19.1 Å². The molecule has 1 saturated carbocycles. The Balaban J connectivity index is 1.67. The average molecular weight is 361 g/mol. The van der Waals surface area contributed by atoms with Crippen molar-refractivity contribution in [2.45, 2.75) is 43.0 Å². The van der Waals surface area contributed by atoms with E-state index < -0.39 is 11.6 Å². The minimum absolute atomic E-state index is 0.259. The van der Waals surface area contributed by atoms with Crippen LogP contribution in [0.4, 0.5) is 10.5 Å². The van der Waals surface area contributed by atoms with Gasteiger partial charge in [0.15, 0.2) is 0 Å². The van der Waals surface area contributed by atoms with Crippen molar-refractivity contribution in [2.24, 2.45) is 5.92 Å². The lowest BCUT2D eigenvalue weighted by Crippen LogP contribution is -2.49. The highest BCUT2D eigenvalue weighted by Gasteiger charge is 2.52. The zero-order chi connectivity index (χ0) is 18.0. The van der Waals surface area contributed by atoms with Crippen LogP contribution in [0.2, 0.25) is 0 Å². The molecular weight excluding hydrogens is 338 g/mol. The lowest BCUT2D eigenvalue weighted by molar-refractivity contribution is -0.135. The van der Waals surface area contributed by atoms with Crippen LogP contribution < -0.4 is 10.6 Å². The summed E-state index contributed by atoms with van der Waals surface area (Å²) >= 11 is 1.52. The van der Waals surface area contributed by atoms with E-state index in [2.05, 4.69) is 17.6 Å². The molecule has 0 unspecified atom stereocenters. The first-order chi connectivity index (χ1) is 11.9. The molecular formula is C18H23N3O3S. The van der Waals surface area contributed by atoms with Gasteiger partial charge < -0.3 is 10.6 Å².